The molecule has 0 bridgehead atoms. The average Bonchev–Trinajstić information content (AvgIpc) is 2.85. The summed E-state index contributed by atoms with van der Waals surface area (Å²) in [5, 5.41) is 2.74. The Morgan fingerprint density at radius 2 is 1.73 bits per heavy atom. The van der Waals surface area contributed by atoms with Gasteiger partial charge < -0.3 is 5.32 Å². The van der Waals surface area contributed by atoms with Crippen LogP contribution in [-0.4, -0.2) is 34.7 Å². The molecular formula is C20H19BrN2O3. The molecule has 0 spiro atoms. The van der Waals surface area contributed by atoms with E-state index in [9.17, 15) is 14.4 Å². The maximum atomic E-state index is 12.8. The summed E-state index contributed by atoms with van der Waals surface area (Å²) in [5.41, 5.74) is 0.569. The van der Waals surface area contributed by atoms with Crippen molar-refractivity contribution in [1.82, 2.24) is 10.2 Å². The molecule has 1 heterocycles. The molecule has 1 atom stereocenters. The van der Waals surface area contributed by atoms with Gasteiger partial charge in [-0.05, 0) is 37.5 Å². The topological polar surface area (TPSA) is 66.5 Å². The number of hydrogen-bond acceptors (Lipinski definition) is 3. The Kier molecular flexibility index (Phi) is 5.23. The van der Waals surface area contributed by atoms with Gasteiger partial charge in [0.05, 0.1) is 6.54 Å². The molecule has 1 N–H and O–H groups in total. The fourth-order valence-corrected chi connectivity index (χ4v) is 3.23. The van der Waals surface area contributed by atoms with Crippen molar-refractivity contribution in [1.29, 1.82) is 0 Å². The number of nitrogens with one attached hydrogen (secondary N) is 1. The summed E-state index contributed by atoms with van der Waals surface area (Å²) in [6.07, 6.45) is 1.14. The second kappa shape index (κ2) is 7.41. The highest BCUT2D eigenvalue weighted by Gasteiger charge is 2.47. The van der Waals surface area contributed by atoms with Gasteiger partial charge in [0, 0.05) is 10.0 Å². The molecule has 2 aromatic rings. The van der Waals surface area contributed by atoms with E-state index in [0.29, 0.717) is 18.4 Å². The highest BCUT2D eigenvalue weighted by Crippen LogP contribution is 2.24. The van der Waals surface area contributed by atoms with Crippen LogP contribution in [0.1, 0.15) is 29.3 Å². The van der Waals surface area contributed by atoms with Crippen LogP contribution in [0, 0.1) is 0 Å². The fourth-order valence-electron chi connectivity index (χ4n) is 2.97. The van der Waals surface area contributed by atoms with Crippen LogP contribution >= 0.6 is 15.9 Å². The molecule has 26 heavy (non-hydrogen) atoms. The fraction of sp³-hybridized carbons (Fsp3) is 0.250. The zero-order valence-electron chi connectivity index (χ0n) is 14.4. The van der Waals surface area contributed by atoms with E-state index >= 15 is 0 Å². The van der Waals surface area contributed by atoms with E-state index in [1.54, 1.807) is 31.2 Å². The summed E-state index contributed by atoms with van der Waals surface area (Å²) in [5.74, 6) is -0.628. The second-order valence-electron chi connectivity index (χ2n) is 6.57. The van der Waals surface area contributed by atoms with Crippen LogP contribution in [0.2, 0.25) is 0 Å². The first-order valence-electron chi connectivity index (χ1n) is 8.36. The number of rotatable bonds is 6. The van der Waals surface area contributed by atoms with Crippen molar-refractivity contribution < 1.29 is 14.4 Å². The Morgan fingerprint density at radius 3 is 2.38 bits per heavy atom. The molecule has 134 valence electrons. The molecular weight excluding hydrogens is 396 g/mol. The first-order chi connectivity index (χ1) is 12.4. The SMILES string of the molecule is C[C@]1(CCc2ccccc2)NC(=O)N(CC(=O)c2ccc(Br)cc2)C1=O. The summed E-state index contributed by atoms with van der Waals surface area (Å²) >= 11 is 3.31. The molecule has 0 radical (unpaired) electrons. The minimum atomic E-state index is -0.993. The van der Waals surface area contributed by atoms with Gasteiger partial charge in [-0.1, -0.05) is 58.4 Å². The lowest BCUT2D eigenvalue weighted by Gasteiger charge is -2.21. The van der Waals surface area contributed by atoms with Gasteiger partial charge in [0.15, 0.2) is 5.78 Å². The van der Waals surface area contributed by atoms with Crippen LogP contribution < -0.4 is 5.32 Å². The van der Waals surface area contributed by atoms with Crippen LogP contribution in [0.4, 0.5) is 4.79 Å². The molecule has 0 aromatic heterocycles. The lowest BCUT2D eigenvalue weighted by atomic mass is 9.93. The molecule has 0 aliphatic carbocycles. The van der Waals surface area contributed by atoms with Crippen molar-refractivity contribution in [3.05, 3.63) is 70.2 Å². The standard InChI is InChI=1S/C20H19BrN2O3/c1-20(12-11-14-5-3-2-4-6-14)18(25)23(19(26)22-20)13-17(24)15-7-9-16(21)10-8-15/h2-10H,11-13H2,1H3,(H,22,26)/t20-/m1/s1. The molecule has 3 rings (SSSR count). The molecule has 0 saturated carbocycles. The van der Waals surface area contributed by atoms with Gasteiger partial charge in [0.25, 0.3) is 5.91 Å². The van der Waals surface area contributed by atoms with E-state index in [1.807, 2.05) is 30.3 Å². The molecule has 1 fully saturated rings. The van der Waals surface area contributed by atoms with Gasteiger partial charge >= 0.3 is 6.03 Å². The smallest absolute Gasteiger partial charge is 0.323 e. The number of hydrogen-bond donors (Lipinski definition) is 1. The number of carbonyl (C=O) groups is 3. The summed E-state index contributed by atoms with van der Waals surface area (Å²) < 4.78 is 0.859. The number of aryl methyl sites for hydroxylation is 1. The van der Waals surface area contributed by atoms with Crippen molar-refractivity contribution in [2.45, 2.75) is 25.3 Å². The highest BCUT2D eigenvalue weighted by molar-refractivity contribution is 9.10. The number of Topliss-reactive ketones (excluding diaryl/α,β-unsaturated/α-hetero) is 1. The van der Waals surface area contributed by atoms with Crippen LogP contribution in [-0.2, 0) is 11.2 Å². The third-order valence-electron chi connectivity index (χ3n) is 4.57. The number of imide groups is 1. The average molecular weight is 415 g/mol. The Morgan fingerprint density at radius 1 is 1.08 bits per heavy atom. The number of ketones is 1. The van der Waals surface area contributed by atoms with E-state index in [-0.39, 0.29) is 18.2 Å². The number of carbonyl (C=O) groups excluding carboxylic acids is 3. The molecule has 0 unspecified atom stereocenters. The highest BCUT2D eigenvalue weighted by atomic mass is 79.9. The van der Waals surface area contributed by atoms with E-state index in [4.69, 9.17) is 0 Å². The third-order valence-corrected chi connectivity index (χ3v) is 5.10. The van der Waals surface area contributed by atoms with Crippen LogP contribution in [0.5, 0.6) is 0 Å². The predicted octanol–water partition coefficient (Wildman–Crippen LogP) is 3.58. The Labute approximate surface area is 160 Å². The largest absolute Gasteiger partial charge is 0.325 e. The van der Waals surface area contributed by atoms with Gasteiger partial charge in [-0.2, -0.15) is 0 Å². The van der Waals surface area contributed by atoms with E-state index in [1.165, 1.54) is 0 Å². The quantitative estimate of drug-likeness (QED) is 0.580. The molecule has 1 saturated heterocycles. The zero-order chi connectivity index (χ0) is 18.7. The van der Waals surface area contributed by atoms with Crippen molar-refractivity contribution >= 4 is 33.7 Å². The minimum Gasteiger partial charge on any atom is -0.323 e. The van der Waals surface area contributed by atoms with Crippen LogP contribution in [0.25, 0.3) is 0 Å². The number of nitrogens with zero attached hydrogens (tertiary/aromatic N) is 1. The van der Waals surface area contributed by atoms with Crippen molar-refractivity contribution in [3.63, 3.8) is 0 Å². The Balaban J connectivity index is 1.67. The second-order valence-corrected chi connectivity index (χ2v) is 7.48. The molecule has 1 aliphatic rings. The van der Waals surface area contributed by atoms with Crippen molar-refractivity contribution in [2.24, 2.45) is 0 Å². The van der Waals surface area contributed by atoms with Gasteiger partial charge in [0.2, 0.25) is 0 Å². The van der Waals surface area contributed by atoms with Crippen molar-refractivity contribution in [2.75, 3.05) is 6.54 Å². The van der Waals surface area contributed by atoms with E-state index < -0.39 is 11.6 Å². The summed E-state index contributed by atoms with van der Waals surface area (Å²) in [4.78, 5) is 38.4. The molecule has 3 amide bonds. The van der Waals surface area contributed by atoms with Gasteiger partial charge in [-0.3, -0.25) is 14.5 Å². The summed E-state index contributed by atoms with van der Waals surface area (Å²) in [7, 11) is 0. The number of benzene rings is 2. The maximum absolute atomic E-state index is 12.8. The zero-order valence-corrected chi connectivity index (χ0v) is 16.0. The first-order valence-corrected chi connectivity index (χ1v) is 9.15. The maximum Gasteiger partial charge on any atom is 0.325 e. The molecule has 1 aliphatic heterocycles. The van der Waals surface area contributed by atoms with E-state index in [2.05, 4.69) is 21.2 Å². The lowest BCUT2D eigenvalue weighted by molar-refractivity contribution is -0.130. The number of halogens is 1. The minimum absolute atomic E-state index is 0.257. The number of urea groups is 1. The van der Waals surface area contributed by atoms with Gasteiger partial charge in [-0.25, -0.2) is 4.79 Å². The van der Waals surface area contributed by atoms with Gasteiger partial charge in [-0.15, -0.1) is 0 Å². The Bertz CT molecular complexity index is 836. The molecule has 5 nitrogen and oxygen atoms in total. The number of amides is 3. The summed E-state index contributed by atoms with van der Waals surface area (Å²) in [6.45, 7) is 1.45. The molecule has 2 aromatic carbocycles. The monoisotopic (exact) mass is 414 g/mol. The normalized spacial score (nSPS) is 19.5. The van der Waals surface area contributed by atoms with E-state index in [0.717, 1.165) is 14.9 Å². The first kappa shape index (κ1) is 18.3. The van der Waals surface area contributed by atoms with Crippen molar-refractivity contribution in [3.8, 4) is 0 Å². The third kappa shape index (κ3) is 3.85. The predicted molar refractivity (Wildman–Crippen MR) is 102 cm³/mol. The summed E-state index contributed by atoms with van der Waals surface area (Å²) in [6, 6.07) is 16.1. The van der Waals surface area contributed by atoms with Crippen LogP contribution in [0.15, 0.2) is 59.1 Å². The van der Waals surface area contributed by atoms with Crippen LogP contribution in [0.3, 0.4) is 0 Å². The van der Waals surface area contributed by atoms with Gasteiger partial charge in [0.1, 0.15) is 5.54 Å². The Hall–Kier alpha value is -2.47. The lowest BCUT2D eigenvalue weighted by Crippen LogP contribution is -2.44. The molecule has 6 heteroatoms.